The van der Waals surface area contributed by atoms with Crippen molar-refractivity contribution in [2.75, 3.05) is 26.2 Å². The zero-order valence-corrected chi connectivity index (χ0v) is 16.3. The quantitative estimate of drug-likeness (QED) is 0.810. The van der Waals surface area contributed by atoms with Crippen LogP contribution in [-0.4, -0.2) is 52.9 Å². The van der Waals surface area contributed by atoms with E-state index in [9.17, 15) is 4.79 Å². The van der Waals surface area contributed by atoms with Crippen molar-refractivity contribution < 1.29 is 9.53 Å². The first kappa shape index (κ1) is 19.4. The molecule has 1 aromatic heterocycles. The third kappa shape index (κ3) is 4.86. The van der Waals surface area contributed by atoms with Crippen molar-refractivity contribution >= 4 is 5.91 Å². The summed E-state index contributed by atoms with van der Waals surface area (Å²) in [5.41, 5.74) is 1.17. The second-order valence-corrected chi connectivity index (χ2v) is 7.72. The average Bonchev–Trinajstić information content (AvgIpc) is 3.21. The summed E-state index contributed by atoms with van der Waals surface area (Å²) in [4.78, 5) is 14.6. The number of nitrogens with one attached hydrogen (secondary N) is 1. The van der Waals surface area contributed by atoms with Crippen molar-refractivity contribution in [3.05, 3.63) is 18.0 Å². The van der Waals surface area contributed by atoms with E-state index < -0.39 is 0 Å². The molecule has 2 aliphatic heterocycles. The van der Waals surface area contributed by atoms with Gasteiger partial charge in [0.25, 0.3) is 0 Å². The predicted molar refractivity (Wildman–Crippen MR) is 102 cm³/mol. The smallest absolute Gasteiger partial charge is 0.224 e. The minimum absolute atomic E-state index is 0.110. The van der Waals surface area contributed by atoms with Gasteiger partial charge in [-0.1, -0.05) is 12.8 Å². The largest absolute Gasteiger partial charge is 0.372 e. The molecular weight excluding hydrogens is 328 g/mol. The zero-order chi connectivity index (χ0) is 18.4. The van der Waals surface area contributed by atoms with Gasteiger partial charge in [0.2, 0.25) is 5.91 Å². The SMILES string of the molecule is CCn1nccc1[C@@H]1OCC[C@H]1CN[C@H](C)CC(=O)N1CCCCCC1. The van der Waals surface area contributed by atoms with Crippen molar-refractivity contribution in [2.24, 2.45) is 5.92 Å². The molecule has 3 rings (SSSR count). The van der Waals surface area contributed by atoms with Crippen molar-refractivity contribution in [3.8, 4) is 0 Å². The molecule has 1 amide bonds. The van der Waals surface area contributed by atoms with Gasteiger partial charge in [0.05, 0.1) is 5.69 Å². The Labute approximate surface area is 157 Å². The first-order valence-electron chi connectivity index (χ1n) is 10.3. The minimum atomic E-state index is 0.110. The van der Waals surface area contributed by atoms with Crippen LogP contribution in [0.3, 0.4) is 0 Å². The number of amides is 1. The molecule has 0 aromatic carbocycles. The van der Waals surface area contributed by atoms with E-state index in [0.717, 1.165) is 52.0 Å². The number of aryl methyl sites for hydroxylation is 1. The lowest BCUT2D eigenvalue weighted by Crippen LogP contribution is -2.39. The molecule has 26 heavy (non-hydrogen) atoms. The Hall–Kier alpha value is -1.40. The molecule has 1 N–H and O–H groups in total. The fourth-order valence-corrected chi connectivity index (χ4v) is 4.15. The van der Waals surface area contributed by atoms with Crippen LogP contribution in [0.2, 0.25) is 0 Å². The van der Waals surface area contributed by atoms with Crippen molar-refractivity contribution in [3.63, 3.8) is 0 Å². The highest BCUT2D eigenvalue weighted by Crippen LogP contribution is 2.34. The van der Waals surface area contributed by atoms with Gasteiger partial charge in [0.1, 0.15) is 6.10 Å². The number of ether oxygens (including phenoxy) is 1. The third-order valence-corrected chi connectivity index (χ3v) is 5.72. The summed E-state index contributed by atoms with van der Waals surface area (Å²) in [7, 11) is 0. The predicted octanol–water partition coefficient (Wildman–Crippen LogP) is 2.75. The van der Waals surface area contributed by atoms with Crippen LogP contribution in [0.5, 0.6) is 0 Å². The van der Waals surface area contributed by atoms with Gasteiger partial charge in [-0.3, -0.25) is 9.48 Å². The normalized spacial score (nSPS) is 25.2. The summed E-state index contributed by atoms with van der Waals surface area (Å²) in [6.45, 7) is 8.65. The van der Waals surface area contributed by atoms with Crippen LogP contribution in [0.4, 0.5) is 0 Å². The zero-order valence-electron chi connectivity index (χ0n) is 16.3. The van der Waals surface area contributed by atoms with Crippen molar-refractivity contribution in [1.82, 2.24) is 20.0 Å². The molecule has 2 fully saturated rings. The molecule has 0 radical (unpaired) electrons. The molecule has 3 atom stereocenters. The van der Waals surface area contributed by atoms with Crippen molar-refractivity contribution in [1.29, 1.82) is 0 Å². The van der Waals surface area contributed by atoms with Crippen LogP contribution >= 0.6 is 0 Å². The summed E-state index contributed by atoms with van der Waals surface area (Å²) in [5, 5.41) is 7.96. The van der Waals surface area contributed by atoms with Gasteiger partial charge in [0.15, 0.2) is 0 Å². The third-order valence-electron chi connectivity index (χ3n) is 5.72. The van der Waals surface area contributed by atoms with E-state index in [2.05, 4.69) is 35.2 Å². The van der Waals surface area contributed by atoms with Gasteiger partial charge in [-0.05, 0) is 39.2 Å². The van der Waals surface area contributed by atoms with Gasteiger partial charge in [-0.25, -0.2) is 0 Å². The Balaban J connectivity index is 1.47. The number of hydrogen-bond donors (Lipinski definition) is 1. The highest BCUT2D eigenvalue weighted by atomic mass is 16.5. The lowest BCUT2D eigenvalue weighted by molar-refractivity contribution is -0.131. The van der Waals surface area contributed by atoms with Crippen LogP contribution in [0.1, 0.15) is 64.2 Å². The average molecular weight is 363 g/mol. The summed E-state index contributed by atoms with van der Waals surface area (Å²) in [6.07, 6.45) is 8.43. The molecule has 6 nitrogen and oxygen atoms in total. The van der Waals surface area contributed by atoms with Crippen LogP contribution < -0.4 is 5.32 Å². The molecule has 0 aliphatic carbocycles. The van der Waals surface area contributed by atoms with Gasteiger partial charge >= 0.3 is 0 Å². The fraction of sp³-hybridized carbons (Fsp3) is 0.800. The van der Waals surface area contributed by atoms with Gasteiger partial charge in [-0.15, -0.1) is 0 Å². The standard InChI is InChI=1S/C20H34N4O2/c1-3-24-18(8-10-22-24)20-17(9-13-26-20)15-21-16(2)14-19(25)23-11-6-4-5-7-12-23/h8,10,16-17,20-21H,3-7,9,11-15H2,1-2H3/t16-,17+,20-/m1/s1. The summed E-state index contributed by atoms with van der Waals surface area (Å²) >= 11 is 0. The Bertz CT molecular complexity index is 566. The molecule has 6 heteroatoms. The first-order valence-corrected chi connectivity index (χ1v) is 10.3. The topological polar surface area (TPSA) is 59.4 Å². The molecule has 146 valence electrons. The first-order chi connectivity index (χ1) is 12.7. The maximum absolute atomic E-state index is 12.5. The molecular formula is C20H34N4O2. The van der Waals surface area contributed by atoms with E-state index >= 15 is 0 Å². The van der Waals surface area contributed by atoms with Crippen LogP contribution in [0.25, 0.3) is 0 Å². The van der Waals surface area contributed by atoms with Gasteiger partial charge < -0.3 is 15.0 Å². The fourth-order valence-electron chi connectivity index (χ4n) is 4.15. The summed E-state index contributed by atoms with van der Waals surface area (Å²) < 4.78 is 8.02. The van der Waals surface area contributed by atoms with E-state index in [-0.39, 0.29) is 12.1 Å². The van der Waals surface area contributed by atoms with E-state index in [1.54, 1.807) is 0 Å². The van der Waals surface area contributed by atoms with E-state index in [1.807, 2.05) is 10.9 Å². The maximum Gasteiger partial charge on any atom is 0.224 e. The Morgan fingerprint density at radius 3 is 2.85 bits per heavy atom. The Morgan fingerprint density at radius 2 is 2.12 bits per heavy atom. The molecule has 0 bridgehead atoms. The van der Waals surface area contributed by atoms with E-state index in [1.165, 1.54) is 18.5 Å². The second-order valence-electron chi connectivity index (χ2n) is 7.72. The van der Waals surface area contributed by atoms with E-state index in [4.69, 9.17) is 4.74 Å². The van der Waals surface area contributed by atoms with Gasteiger partial charge in [-0.2, -0.15) is 5.10 Å². The number of aromatic nitrogens is 2. The van der Waals surface area contributed by atoms with Crippen LogP contribution in [0, 0.1) is 5.92 Å². The van der Waals surface area contributed by atoms with E-state index in [0.29, 0.717) is 18.2 Å². The number of carbonyl (C=O) groups excluding carboxylic acids is 1. The molecule has 2 aliphatic rings. The highest BCUT2D eigenvalue weighted by molar-refractivity contribution is 5.76. The molecule has 0 spiro atoms. The number of nitrogens with zero attached hydrogens (tertiary/aromatic N) is 3. The van der Waals surface area contributed by atoms with Crippen molar-refractivity contribution in [2.45, 2.75) is 71.1 Å². The maximum atomic E-state index is 12.5. The lowest BCUT2D eigenvalue weighted by Gasteiger charge is -2.25. The summed E-state index contributed by atoms with van der Waals surface area (Å²) in [5.74, 6) is 0.739. The lowest BCUT2D eigenvalue weighted by atomic mass is 9.98. The number of hydrogen-bond acceptors (Lipinski definition) is 4. The molecule has 0 unspecified atom stereocenters. The molecule has 0 saturated carbocycles. The molecule has 3 heterocycles. The molecule has 2 saturated heterocycles. The van der Waals surface area contributed by atoms with Crippen LogP contribution in [-0.2, 0) is 16.1 Å². The Morgan fingerprint density at radius 1 is 1.35 bits per heavy atom. The number of rotatable bonds is 7. The monoisotopic (exact) mass is 362 g/mol. The second kappa shape index (κ2) is 9.51. The highest BCUT2D eigenvalue weighted by Gasteiger charge is 2.32. The molecule has 1 aromatic rings. The number of likely N-dealkylation sites (tertiary alicyclic amines) is 1. The summed E-state index contributed by atoms with van der Waals surface area (Å²) in [6, 6.07) is 2.27. The van der Waals surface area contributed by atoms with Gasteiger partial charge in [0, 0.05) is 57.4 Å². The van der Waals surface area contributed by atoms with Crippen LogP contribution in [0.15, 0.2) is 12.3 Å². The number of carbonyl (C=O) groups is 1. The minimum Gasteiger partial charge on any atom is -0.372 e. The Kier molecular flexibility index (Phi) is 7.08.